The monoisotopic (exact) mass is 680 g/mol. The Kier molecular flexibility index (Phi) is 23.7. The first-order valence-electron chi connectivity index (χ1n) is 21.7. The normalized spacial score (nSPS) is 26.7. The molecule has 282 valence electrons. The molecule has 3 heteroatoms. The second kappa shape index (κ2) is 27.5. The summed E-state index contributed by atoms with van der Waals surface area (Å²) in [5.74, 6) is 2.17. The van der Waals surface area contributed by atoms with E-state index in [4.69, 9.17) is 9.47 Å². The Morgan fingerprint density at radius 1 is 0.490 bits per heavy atom. The molecule has 7 atom stereocenters. The van der Waals surface area contributed by atoms with Crippen molar-refractivity contribution in [3.05, 3.63) is 48.6 Å². The summed E-state index contributed by atoms with van der Waals surface area (Å²) in [6.45, 7) is 4.56. The number of fused-ring (bicyclic) bond motifs is 5. The molecule has 2 aliphatic carbocycles. The summed E-state index contributed by atoms with van der Waals surface area (Å²) in [5.41, 5.74) is 0. The Balaban J connectivity index is 1.19. The number of unbranched alkanes of at least 4 members (excludes halogenated alkanes) is 18. The standard InChI is InChI=1S/C46H81NO2/c1-5-7-9-11-13-15-17-19-21-23-25-27-29-31-33-35-37-40-41-39-42(47(3)4)44(40)46-45(41)48-43(49-46)38-36-34-32-30-28-26-24-22-20-18-16-14-12-10-8-6-2/h13,15,18-21,24,26,40-46H,5-12,14,16-17,22-23,25,27-39H2,1-4H3/b15-13-,20-18-,21-19-,26-24-/t40?,41?,42-,43?,44+,45-,46+/m1/s1. The maximum atomic E-state index is 6.71. The van der Waals surface area contributed by atoms with Crippen LogP contribution in [-0.4, -0.2) is 43.5 Å². The summed E-state index contributed by atoms with van der Waals surface area (Å²) in [5, 5.41) is 0. The maximum Gasteiger partial charge on any atom is 0.158 e. The average Bonchev–Trinajstić information content (AvgIpc) is 3.77. The molecule has 2 saturated carbocycles. The largest absolute Gasteiger partial charge is 0.346 e. The number of nitrogens with zero attached hydrogens (tertiary/aromatic N) is 1. The van der Waals surface area contributed by atoms with Gasteiger partial charge in [0.25, 0.3) is 0 Å². The van der Waals surface area contributed by atoms with E-state index in [1.807, 2.05) is 0 Å². The number of hydrogen-bond acceptors (Lipinski definition) is 3. The lowest BCUT2D eigenvalue weighted by Gasteiger charge is -2.33. The summed E-state index contributed by atoms with van der Waals surface area (Å²) in [6.07, 6.45) is 55.0. The Bertz CT molecular complexity index is 905. The molecule has 0 aromatic heterocycles. The van der Waals surface area contributed by atoms with E-state index in [0.29, 0.717) is 30.1 Å². The van der Waals surface area contributed by atoms with Crippen LogP contribution in [0, 0.1) is 17.8 Å². The zero-order chi connectivity index (χ0) is 34.8. The SMILES string of the molecule is CCCCC/C=C\C/C=C\CCCCCCCCC1C2C[C@@H](N(C)C)[C@H]1[C@@H]1OC(CCCCCC/C=C\C/C=C\CCCCCCC)O[C@H]21. The van der Waals surface area contributed by atoms with Crippen LogP contribution < -0.4 is 0 Å². The molecule has 0 aromatic rings. The topological polar surface area (TPSA) is 21.7 Å². The molecule has 3 fully saturated rings. The first kappa shape index (κ1) is 42.3. The quantitative estimate of drug-likeness (QED) is 0.0538. The van der Waals surface area contributed by atoms with Gasteiger partial charge in [0.1, 0.15) is 0 Å². The first-order chi connectivity index (χ1) is 24.2. The summed E-state index contributed by atoms with van der Waals surface area (Å²) in [4.78, 5) is 2.49. The summed E-state index contributed by atoms with van der Waals surface area (Å²) in [7, 11) is 4.57. The molecular weight excluding hydrogens is 599 g/mol. The van der Waals surface area contributed by atoms with Gasteiger partial charge in [0, 0.05) is 12.0 Å². The van der Waals surface area contributed by atoms with Crippen LogP contribution in [0.3, 0.4) is 0 Å². The van der Waals surface area contributed by atoms with Crippen LogP contribution in [0.1, 0.15) is 187 Å². The van der Waals surface area contributed by atoms with Gasteiger partial charge in [0.05, 0.1) is 12.2 Å². The molecule has 0 N–H and O–H groups in total. The van der Waals surface area contributed by atoms with Gasteiger partial charge in [-0.2, -0.15) is 0 Å². The van der Waals surface area contributed by atoms with Gasteiger partial charge in [-0.15, -0.1) is 0 Å². The zero-order valence-corrected chi connectivity index (χ0v) is 33.0. The smallest absolute Gasteiger partial charge is 0.158 e. The zero-order valence-electron chi connectivity index (χ0n) is 33.0. The number of ether oxygens (including phenoxy) is 2. The molecule has 3 rings (SSSR count). The minimum absolute atomic E-state index is 0.0436. The Hall–Kier alpha value is -1.16. The van der Waals surface area contributed by atoms with Crippen molar-refractivity contribution in [1.82, 2.24) is 4.90 Å². The lowest BCUT2D eigenvalue weighted by Crippen LogP contribution is -2.44. The Morgan fingerprint density at radius 3 is 1.45 bits per heavy atom. The van der Waals surface area contributed by atoms with Gasteiger partial charge in [-0.05, 0) is 116 Å². The highest BCUT2D eigenvalue weighted by molar-refractivity contribution is 5.12. The highest BCUT2D eigenvalue weighted by Crippen LogP contribution is 2.57. The first-order valence-corrected chi connectivity index (χ1v) is 21.7. The van der Waals surface area contributed by atoms with E-state index >= 15 is 0 Å². The van der Waals surface area contributed by atoms with Gasteiger partial charge < -0.3 is 14.4 Å². The molecule has 3 nitrogen and oxygen atoms in total. The predicted octanol–water partition coefficient (Wildman–Crippen LogP) is 13.7. The number of allylic oxidation sites excluding steroid dienone is 8. The van der Waals surface area contributed by atoms with Crippen molar-refractivity contribution in [1.29, 1.82) is 0 Å². The lowest BCUT2D eigenvalue weighted by atomic mass is 9.88. The third kappa shape index (κ3) is 16.8. The van der Waals surface area contributed by atoms with Gasteiger partial charge in [-0.3, -0.25) is 0 Å². The minimum atomic E-state index is 0.0436. The summed E-state index contributed by atoms with van der Waals surface area (Å²) < 4.78 is 13.4. The predicted molar refractivity (Wildman–Crippen MR) is 214 cm³/mol. The van der Waals surface area contributed by atoms with E-state index in [0.717, 1.165) is 25.2 Å². The van der Waals surface area contributed by atoms with Crippen molar-refractivity contribution in [3.63, 3.8) is 0 Å². The van der Waals surface area contributed by atoms with Gasteiger partial charge in [-0.1, -0.05) is 146 Å². The molecule has 2 bridgehead atoms. The third-order valence-electron chi connectivity index (χ3n) is 11.8. The minimum Gasteiger partial charge on any atom is -0.346 e. The highest BCUT2D eigenvalue weighted by Gasteiger charge is 2.63. The van der Waals surface area contributed by atoms with Crippen molar-refractivity contribution < 1.29 is 9.47 Å². The van der Waals surface area contributed by atoms with E-state index in [1.165, 1.54) is 154 Å². The van der Waals surface area contributed by atoms with Crippen LogP contribution in [0.25, 0.3) is 0 Å². The fourth-order valence-electron chi connectivity index (χ4n) is 8.98. The average molecular weight is 680 g/mol. The van der Waals surface area contributed by atoms with Gasteiger partial charge in [0.15, 0.2) is 6.29 Å². The van der Waals surface area contributed by atoms with E-state index in [2.05, 4.69) is 81.5 Å². The van der Waals surface area contributed by atoms with E-state index in [-0.39, 0.29) is 6.29 Å². The van der Waals surface area contributed by atoms with Gasteiger partial charge in [-0.25, -0.2) is 0 Å². The van der Waals surface area contributed by atoms with Crippen molar-refractivity contribution in [2.75, 3.05) is 14.1 Å². The van der Waals surface area contributed by atoms with Crippen molar-refractivity contribution in [2.24, 2.45) is 17.8 Å². The second-order valence-electron chi connectivity index (χ2n) is 16.0. The molecule has 0 aromatic carbocycles. The maximum absolute atomic E-state index is 6.71. The molecule has 0 spiro atoms. The van der Waals surface area contributed by atoms with Crippen molar-refractivity contribution in [3.8, 4) is 0 Å². The van der Waals surface area contributed by atoms with Crippen LogP contribution in [0.4, 0.5) is 0 Å². The fourth-order valence-corrected chi connectivity index (χ4v) is 8.98. The van der Waals surface area contributed by atoms with Crippen molar-refractivity contribution in [2.45, 2.75) is 212 Å². The molecular formula is C46H81NO2. The van der Waals surface area contributed by atoms with E-state index < -0.39 is 0 Å². The lowest BCUT2D eigenvalue weighted by molar-refractivity contribution is -0.0939. The van der Waals surface area contributed by atoms with E-state index in [1.54, 1.807) is 0 Å². The molecule has 49 heavy (non-hydrogen) atoms. The van der Waals surface area contributed by atoms with Crippen LogP contribution in [0.5, 0.6) is 0 Å². The Morgan fingerprint density at radius 2 is 0.918 bits per heavy atom. The molecule has 1 aliphatic heterocycles. The van der Waals surface area contributed by atoms with Gasteiger partial charge in [0.2, 0.25) is 0 Å². The summed E-state index contributed by atoms with van der Waals surface area (Å²) in [6, 6.07) is 0.669. The highest BCUT2D eigenvalue weighted by atomic mass is 16.7. The van der Waals surface area contributed by atoms with E-state index in [9.17, 15) is 0 Å². The molecule has 1 heterocycles. The van der Waals surface area contributed by atoms with Crippen LogP contribution in [0.2, 0.25) is 0 Å². The van der Waals surface area contributed by atoms with Crippen molar-refractivity contribution >= 4 is 0 Å². The third-order valence-corrected chi connectivity index (χ3v) is 11.8. The molecule has 3 aliphatic rings. The molecule has 0 radical (unpaired) electrons. The van der Waals surface area contributed by atoms with Gasteiger partial charge >= 0.3 is 0 Å². The second-order valence-corrected chi connectivity index (χ2v) is 16.0. The Labute approximate surface area is 305 Å². The fraction of sp³-hybridized carbons (Fsp3) is 0.826. The van der Waals surface area contributed by atoms with Crippen LogP contribution in [0.15, 0.2) is 48.6 Å². The number of hydrogen-bond donors (Lipinski definition) is 0. The van der Waals surface area contributed by atoms with Crippen LogP contribution in [-0.2, 0) is 9.47 Å². The molecule has 3 unspecified atom stereocenters. The molecule has 1 saturated heterocycles. The molecule has 0 amide bonds. The van der Waals surface area contributed by atoms with Crippen LogP contribution >= 0.6 is 0 Å². The summed E-state index contributed by atoms with van der Waals surface area (Å²) >= 11 is 0. The number of rotatable bonds is 31.